The molecule has 3 fully saturated rings. The number of nitriles is 1. The normalized spacial score (nSPS) is 26.5. The summed E-state index contributed by atoms with van der Waals surface area (Å²) in [4.78, 5) is 14.1. The summed E-state index contributed by atoms with van der Waals surface area (Å²) in [7, 11) is 2.08. The molecule has 2 aromatic heterocycles. The highest BCUT2D eigenvalue weighted by Crippen LogP contribution is 2.48. The van der Waals surface area contributed by atoms with Crippen molar-refractivity contribution in [3.63, 3.8) is 0 Å². The average molecular weight is 626 g/mol. The number of alkyl halides is 1. The van der Waals surface area contributed by atoms with Gasteiger partial charge in [-0.2, -0.15) is 15.2 Å². The smallest absolute Gasteiger partial charge is 0.319 e. The van der Waals surface area contributed by atoms with E-state index in [0.29, 0.717) is 16.9 Å². The number of thiophene rings is 1. The lowest BCUT2D eigenvalue weighted by Crippen LogP contribution is -2.65. The Morgan fingerprint density at radius 2 is 2.07 bits per heavy atom. The van der Waals surface area contributed by atoms with E-state index in [1.165, 1.54) is 12.1 Å². The first-order valence-electron chi connectivity index (χ1n) is 14.9. The molecule has 43 heavy (non-hydrogen) atoms. The van der Waals surface area contributed by atoms with Gasteiger partial charge in [-0.25, -0.2) is 8.78 Å². The predicted octanol–water partition coefficient (Wildman–Crippen LogP) is 5.48. The van der Waals surface area contributed by atoms with E-state index in [2.05, 4.69) is 33.2 Å². The number of hydrogen-bond acceptors (Lipinski definition) is 9. The number of aromatic nitrogens is 2. The molecule has 3 N–H and O–H groups in total. The first-order valence-corrected chi connectivity index (χ1v) is 16.2. The Bertz CT molecular complexity index is 1680. The summed E-state index contributed by atoms with van der Waals surface area (Å²) >= 11 is 7.96. The molecule has 226 valence electrons. The first kappa shape index (κ1) is 28.7. The molecule has 3 aromatic rings. The van der Waals surface area contributed by atoms with Crippen molar-refractivity contribution in [1.29, 1.82) is 5.26 Å². The number of allylic oxidation sites excluding steroid dienone is 1. The van der Waals surface area contributed by atoms with Crippen LogP contribution in [0.3, 0.4) is 0 Å². The SMILES string of the molecule is C[C@H](Oc1nc2c(c(N3CCCC4(CCN4)C3)n1)CC(Cl)C(c1ccc(F)c3sc(N)c(C#N)c13)=C2F)[C@@H]1CCCN1C. The molecule has 5 heterocycles. The maximum absolute atomic E-state index is 16.9. The van der Waals surface area contributed by atoms with Crippen LogP contribution >= 0.6 is 22.9 Å². The Balaban J connectivity index is 1.38. The van der Waals surface area contributed by atoms with Gasteiger partial charge in [-0.1, -0.05) is 6.07 Å². The van der Waals surface area contributed by atoms with E-state index >= 15 is 4.39 Å². The highest BCUT2D eigenvalue weighted by atomic mass is 35.5. The molecule has 1 aliphatic carbocycles. The third kappa shape index (κ3) is 4.74. The standard InChI is InChI=1S/C31H34ClF2N7OS/c1-16(22-5-3-11-40(22)2)42-30-38-26-18(29(39-30)41-12-4-8-31(15-41)9-10-37-31)13-20(32)24(25(26)34)17-6-7-21(33)27-23(17)19(14-35)28(36)43-27/h6-7,16,20,22,37H,3-5,8-13,15,36H2,1-2H3/t16-,20?,22-,31?/m0/s1. The number of anilines is 2. The van der Waals surface area contributed by atoms with Gasteiger partial charge in [0.15, 0.2) is 5.83 Å². The minimum absolute atomic E-state index is 0.0395. The van der Waals surface area contributed by atoms with Crippen molar-refractivity contribution >= 4 is 55.2 Å². The van der Waals surface area contributed by atoms with Gasteiger partial charge in [0.05, 0.1) is 15.6 Å². The van der Waals surface area contributed by atoms with Crippen molar-refractivity contribution in [1.82, 2.24) is 20.2 Å². The zero-order chi connectivity index (χ0) is 30.0. The van der Waals surface area contributed by atoms with Crippen LogP contribution in [0, 0.1) is 17.1 Å². The number of halogens is 3. The summed E-state index contributed by atoms with van der Waals surface area (Å²) in [5, 5.41) is 13.1. The Morgan fingerprint density at radius 3 is 2.77 bits per heavy atom. The van der Waals surface area contributed by atoms with Gasteiger partial charge >= 0.3 is 6.01 Å². The van der Waals surface area contributed by atoms with Crippen molar-refractivity contribution in [2.45, 2.75) is 68.5 Å². The van der Waals surface area contributed by atoms with Crippen LogP contribution in [0.5, 0.6) is 6.01 Å². The summed E-state index contributed by atoms with van der Waals surface area (Å²) in [6.45, 7) is 5.55. The molecule has 4 aliphatic rings. The van der Waals surface area contributed by atoms with Crippen molar-refractivity contribution < 1.29 is 13.5 Å². The topological polar surface area (TPSA) is 103 Å². The molecule has 7 rings (SSSR count). The van der Waals surface area contributed by atoms with Crippen molar-refractivity contribution in [3.05, 3.63) is 40.3 Å². The summed E-state index contributed by atoms with van der Waals surface area (Å²) in [5.41, 5.74) is 7.54. The quantitative estimate of drug-likeness (QED) is 0.360. The van der Waals surface area contributed by atoms with Crippen LogP contribution in [-0.4, -0.2) is 71.2 Å². The zero-order valence-electron chi connectivity index (χ0n) is 24.2. The monoisotopic (exact) mass is 625 g/mol. The number of benzene rings is 1. The van der Waals surface area contributed by atoms with Crippen LogP contribution in [0.2, 0.25) is 0 Å². The maximum Gasteiger partial charge on any atom is 0.319 e. The second kappa shape index (κ2) is 10.8. The van der Waals surface area contributed by atoms with Gasteiger partial charge in [-0.3, -0.25) is 4.90 Å². The number of rotatable bonds is 5. The number of piperidine rings is 1. The van der Waals surface area contributed by atoms with Crippen molar-refractivity contribution in [3.8, 4) is 12.1 Å². The molecular weight excluding hydrogens is 592 g/mol. The Kier molecular flexibility index (Phi) is 7.24. The molecule has 0 saturated carbocycles. The summed E-state index contributed by atoms with van der Waals surface area (Å²) in [6.07, 6.45) is 5.35. The van der Waals surface area contributed by atoms with E-state index in [4.69, 9.17) is 27.1 Å². The van der Waals surface area contributed by atoms with E-state index in [-0.39, 0.29) is 62.0 Å². The van der Waals surface area contributed by atoms with Crippen molar-refractivity contribution in [2.75, 3.05) is 43.9 Å². The van der Waals surface area contributed by atoms with Gasteiger partial charge < -0.3 is 20.7 Å². The van der Waals surface area contributed by atoms with Crippen molar-refractivity contribution in [2.24, 2.45) is 0 Å². The largest absolute Gasteiger partial charge is 0.459 e. The van der Waals surface area contributed by atoms with E-state index in [1.807, 2.05) is 6.92 Å². The second-order valence-corrected chi connectivity index (χ2v) is 13.9. The van der Waals surface area contributed by atoms with E-state index in [1.54, 1.807) is 0 Å². The van der Waals surface area contributed by atoms with E-state index in [9.17, 15) is 9.65 Å². The fraction of sp³-hybridized carbons (Fsp3) is 0.516. The first-order chi connectivity index (χ1) is 20.7. The Morgan fingerprint density at radius 1 is 1.26 bits per heavy atom. The van der Waals surface area contributed by atoms with Gasteiger partial charge in [-0.15, -0.1) is 22.9 Å². The third-order valence-corrected chi connectivity index (χ3v) is 11.1. The average Bonchev–Trinajstić information content (AvgIpc) is 3.56. The lowest BCUT2D eigenvalue weighted by Gasteiger charge is -2.50. The summed E-state index contributed by atoms with van der Waals surface area (Å²) in [5.74, 6) is -0.480. The molecule has 8 nitrogen and oxygen atoms in total. The summed E-state index contributed by atoms with van der Waals surface area (Å²) < 4.78 is 38.3. The number of nitrogens with two attached hydrogens (primary N) is 1. The molecule has 12 heteroatoms. The highest BCUT2D eigenvalue weighted by Gasteiger charge is 2.43. The zero-order valence-corrected chi connectivity index (χ0v) is 25.8. The molecular formula is C31H34ClF2N7OS. The molecule has 1 aromatic carbocycles. The minimum atomic E-state index is -0.797. The number of fused-ring (bicyclic) bond motifs is 2. The van der Waals surface area contributed by atoms with E-state index in [0.717, 1.165) is 69.6 Å². The van der Waals surface area contributed by atoms with Gasteiger partial charge in [0.2, 0.25) is 0 Å². The highest BCUT2D eigenvalue weighted by molar-refractivity contribution is 7.23. The van der Waals surface area contributed by atoms with Gasteiger partial charge in [0, 0.05) is 41.2 Å². The number of hydrogen-bond donors (Lipinski definition) is 2. The Hall–Kier alpha value is -3.04. The molecule has 4 atom stereocenters. The van der Waals surface area contributed by atoms with Gasteiger partial charge in [0.1, 0.15) is 34.5 Å². The molecule has 3 aliphatic heterocycles. The number of nitrogen functional groups attached to an aromatic ring is 1. The summed E-state index contributed by atoms with van der Waals surface area (Å²) in [6, 6.07) is 5.17. The molecule has 2 unspecified atom stereocenters. The molecule has 0 bridgehead atoms. The number of nitrogens with one attached hydrogen (secondary N) is 1. The van der Waals surface area contributed by atoms with Crippen LogP contribution < -0.4 is 20.7 Å². The molecule has 0 radical (unpaired) electrons. The lowest BCUT2D eigenvalue weighted by molar-refractivity contribution is 0.111. The predicted molar refractivity (Wildman–Crippen MR) is 167 cm³/mol. The number of nitrogens with zero attached hydrogens (tertiary/aromatic N) is 5. The number of likely N-dealkylation sites (tertiary alicyclic amines) is 1. The number of likely N-dealkylation sites (N-methyl/N-ethyl adjacent to an activating group) is 1. The van der Waals surface area contributed by atoms with Crippen LogP contribution in [-0.2, 0) is 6.42 Å². The molecule has 0 amide bonds. The van der Waals surface area contributed by atoms with Gasteiger partial charge in [0.25, 0.3) is 0 Å². The van der Waals surface area contributed by atoms with Crippen LogP contribution in [0.15, 0.2) is 12.1 Å². The molecule has 1 spiro atoms. The van der Waals surface area contributed by atoms with Crippen LogP contribution in [0.1, 0.15) is 61.4 Å². The fourth-order valence-corrected chi connectivity index (χ4v) is 8.72. The van der Waals surface area contributed by atoms with Crippen LogP contribution in [0.4, 0.5) is 19.6 Å². The molecule has 3 saturated heterocycles. The maximum atomic E-state index is 16.9. The van der Waals surface area contributed by atoms with Gasteiger partial charge in [-0.05, 0) is 77.2 Å². The van der Waals surface area contributed by atoms with E-state index < -0.39 is 17.0 Å². The Labute approximate surface area is 258 Å². The third-order valence-electron chi connectivity index (χ3n) is 9.72. The second-order valence-electron chi connectivity index (χ2n) is 12.3. The minimum Gasteiger partial charge on any atom is -0.459 e. The lowest BCUT2D eigenvalue weighted by atomic mass is 9.80. The fourth-order valence-electron chi connectivity index (χ4n) is 7.41. The van der Waals surface area contributed by atoms with Crippen LogP contribution in [0.25, 0.3) is 21.5 Å². The number of ether oxygens (including phenoxy) is 1.